The Labute approximate surface area is 246 Å². The maximum absolute atomic E-state index is 10.4. The van der Waals surface area contributed by atoms with Crippen LogP contribution in [0.3, 0.4) is 0 Å². The maximum atomic E-state index is 10.4. The number of rotatable bonds is 10. The lowest BCUT2D eigenvalue weighted by Gasteiger charge is -2.30. The third kappa shape index (κ3) is 17.0. The van der Waals surface area contributed by atoms with E-state index in [9.17, 15) is 4.79 Å². The van der Waals surface area contributed by atoms with Gasteiger partial charge >= 0.3 is 0 Å². The Kier molecular flexibility index (Phi) is 23.4. The molecule has 0 N–H and O–H groups in total. The maximum Gasteiger partial charge on any atom is 0.209 e. The van der Waals surface area contributed by atoms with E-state index in [1.807, 2.05) is 96.2 Å². The van der Waals surface area contributed by atoms with Crippen LogP contribution in [0, 0.1) is 0 Å². The van der Waals surface area contributed by atoms with Crippen molar-refractivity contribution in [3.05, 3.63) is 77.3 Å². The molecular weight excluding hydrogens is 496 g/mol. The van der Waals surface area contributed by atoms with Crippen molar-refractivity contribution < 1.29 is 14.3 Å². The summed E-state index contributed by atoms with van der Waals surface area (Å²) in [6.07, 6.45) is 20.9. The molecule has 0 atom stereocenters. The number of methoxy groups -OCH3 is 1. The summed E-state index contributed by atoms with van der Waals surface area (Å²) in [4.78, 5) is 14.7. The molecule has 1 aliphatic carbocycles. The fourth-order valence-electron chi connectivity index (χ4n) is 4.77. The molecule has 0 radical (unpaired) electrons. The highest BCUT2D eigenvalue weighted by molar-refractivity contribution is 5.54. The first-order chi connectivity index (χ1) is 19.5. The summed E-state index contributed by atoms with van der Waals surface area (Å²) in [6.45, 7) is 16.0. The van der Waals surface area contributed by atoms with Gasteiger partial charge in [-0.05, 0) is 84.2 Å². The minimum absolute atomic E-state index is 0.643. The molecule has 2 aliphatic rings. The predicted octanol–water partition coefficient (Wildman–Crippen LogP) is 8.65. The molecule has 3 rings (SSSR count). The smallest absolute Gasteiger partial charge is 0.209 e. The molecule has 5 nitrogen and oxygen atoms in total. The monoisotopic (exact) mass is 554 g/mol. The van der Waals surface area contributed by atoms with E-state index >= 15 is 0 Å². The molecule has 0 bridgehead atoms. The molecule has 0 aromatic heterocycles. The van der Waals surface area contributed by atoms with Gasteiger partial charge in [-0.2, -0.15) is 0 Å². The largest absolute Gasteiger partial charge is 0.493 e. The van der Waals surface area contributed by atoms with E-state index in [0.29, 0.717) is 13.2 Å². The van der Waals surface area contributed by atoms with Crippen LogP contribution in [0.15, 0.2) is 71.7 Å². The van der Waals surface area contributed by atoms with Gasteiger partial charge in [0.25, 0.3) is 0 Å². The molecule has 226 valence electrons. The van der Waals surface area contributed by atoms with Crippen molar-refractivity contribution in [3.8, 4) is 0 Å². The average molecular weight is 555 g/mol. The fourth-order valence-corrected chi connectivity index (χ4v) is 4.77. The van der Waals surface area contributed by atoms with Crippen LogP contribution in [0.25, 0.3) is 6.08 Å². The normalized spacial score (nSPS) is 16.6. The minimum Gasteiger partial charge on any atom is -0.493 e. The summed E-state index contributed by atoms with van der Waals surface area (Å²) < 4.78 is 10.6. The van der Waals surface area contributed by atoms with Crippen molar-refractivity contribution in [2.24, 2.45) is 0 Å². The number of benzene rings is 1. The molecule has 1 saturated heterocycles. The molecule has 40 heavy (non-hydrogen) atoms. The molecule has 1 saturated carbocycles. The van der Waals surface area contributed by atoms with E-state index < -0.39 is 0 Å². The third-order valence-electron chi connectivity index (χ3n) is 6.52. The number of carbonyl (C=O) groups is 1. The van der Waals surface area contributed by atoms with Crippen molar-refractivity contribution >= 4 is 12.5 Å². The van der Waals surface area contributed by atoms with Gasteiger partial charge < -0.3 is 19.3 Å². The highest BCUT2D eigenvalue weighted by Crippen LogP contribution is 2.25. The van der Waals surface area contributed by atoms with Crippen LogP contribution in [0.4, 0.5) is 0 Å². The van der Waals surface area contributed by atoms with Crippen LogP contribution in [-0.2, 0) is 14.3 Å². The second-order valence-corrected chi connectivity index (χ2v) is 9.82. The van der Waals surface area contributed by atoms with E-state index in [1.165, 1.54) is 69.2 Å². The zero-order valence-corrected chi connectivity index (χ0v) is 26.8. The number of amides is 1. The average Bonchev–Trinajstić information content (AvgIpc) is 3.54. The van der Waals surface area contributed by atoms with Crippen molar-refractivity contribution in [2.45, 2.75) is 92.5 Å². The molecule has 0 unspecified atom stereocenters. The first-order valence-corrected chi connectivity index (χ1v) is 15.3. The summed E-state index contributed by atoms with van der Waals surface area (Å²) in [5.41, 5.74) is 2.34. The summed E-state index contributed by atoms with van der Waals surface area (Å²) in [6, 6.07) is 11.1. The standard InChI is InChI=1S/C12H15NO.C11H18O2.C10H19N.C2H6/c1-11(9-13(2)10-14)8-12-6-4-3-5-7-12;1-5-8-10(12-4)11(9-6-2)13-7-3;1-2-6-10(7-3-1)11-8-4-5-9-11;1-2/h3-8,10H,9H2,1-2H3;5-6,8-9H,7H2,1-4H3;10H,1-9H2;1-2H3/b11-8+;8-5-,9-6+,11-10-;;. The van der Waals surface area contributed by atoms with Gasteiger partial charge in [0.1, 0.15) is 0 Å². The number of likely N-dealkylation sites (N-methyl/N-ethyl adjacent to an activating group) is 1. The van der Waals surface area contributed by atoms with Gasteiger partial charge in [0.15, 0.2) is 11.5 Å². The van der Waals surface area contributed by atoms with Crippen molar-refractivity contribution in [3.63, 3.8) is 0 Å². The van der Waals surface area contributed by atoms with Gasteiger partial charge in [-0.3, -0.25) is 4.79 Å². The summed E-state index contributed by atoms with van der Waals surface area (Å²) >= 11 is 0. The lowest BCUT2D eigenvalue weighted by molar-refractivity contribution is -0.116. The quantitative estimate of drug-likeness (QED) is 0.165. The Balaban J connectivity index is 0.000000555. The van der Waals surface area contributed by atoms with Gasteiger partial charge in [-0.1, -0.05) is 87.2 Å². The zero-order valence-electron chi connectivity index (χ0n) is 26.8. The number of ether oxygens (including phenoxy) is 2. The van der Waals surface area contributed by atoms with E-state index in [-0.39, 0.29) is 0 Å². The Morgan fingerprint density at radius 1 is 0.950 bits per heavy atom. The van der Waals surface area contributed by atoms with E-state index in [2.05, 4.69) is 11.0 Å². The van der Waals surface area contributed by atoms with Gasteiger partial charge in [0, 0.05) is 19.6 Å². The summed E-state index contributed by atoms with van der Waals surface area (Å²) in [5, 5.41) is 0. The van der Waals surface area contributed by atoms with Crippen molar-refractivity contribution in [2.75, 3.05) is 40.4 Å². The highest BCUT2D eigenvalue weighted by Gasteiger charge is 2.22. The Hall–Kier alpha value is -2.79. The second-order valence-electron chi connectivity index (χ2n) is 9.82. The fraction of sp³-hybridized carbons (Fsp3) is 0.571. The highest BCUT2D eigenvalue weighted by atomic mass is 16.5. The van der Waals surface area contributed by atoms with Crippen LogP contribution < -0.4 is 0 Å². The van der Waals surface area contributed by atoms with E-state index in [1.54, 1.807) is 19.1 Å². The number of hydrogen-bond acceptors (Lipinski definition) is 4. The first-order valence-electron chi connectivity index (χ1n) is 15.3. The number of nitrogens with zero attached hydrogens (tertiary/aromatic N) is 2. The molecule has 0 spiro atoms. The Morgan fingerprint density at radius 3 is 2.02 bits per heavy atom. The molecule has 1 aromatic rings. The topological polar surface area (TPSA) is 42.0 Å². The van der Waals surface area contributed by atoms with E-state index in [4.69, 9.17) is 9.47 Å². The SMILES string of the molecule is C/C(=C\c1ccccc1)CN(C)C=O.C1CCC(N2CCCC2)CC1.CC.C\C=C/C(OC)=C(\C=C\C)OCC. The van der Waals surface area contributed by atoms with E-state index in [0.717, 1.165) is 24.0 Å². The molecular formula is C35H58N2O3. The zero-order chi connectivity index (χ0) is 30.0. The van der Waals surface area contributed by atoms with Gasteiger partial charge in [0.2, 0.25) is 6.41 Å². The number of carbonyl (C=O) groups excluding carboxylic acids is 1. The van der Waals surface area contributed by atoms with Crippen LogP contribution in [0.1, 0.15) is 92.1 Å². The predicted molar refractivity (Wildman–Crippen MR) is 173 cm³/mol. The second kappa shape index (κ2) is 25.2. The van der Waals surface area contributed by atoms with Crippen LogP contribution >= 0.6 is 0 Å². The van der Waals surface area contributed by atoms with Gasteiger partial charge in [-0.25, -0.2) is 0 Å². The molecule has 5 heteroatoms. The number of hydrogen-bond donors (Lipinski definition) is 0. The lowest BCUT2D eigenvalue weighted by atomic mass is 9.94. The third-order valence-corrected chi connectivity index (χ3v) is 6.52. The minimum atomic E-state index is 0.643. The van der Waals surface area contributed by atoms with Crippen LogP contribution in [-0.4, -0.2) is 62.7 Å². The number of allylic oxidation sites excluding steroid dienone is 4. The van der Waals surface area contributed by atoms with Gasteiger partial charge in [0.05, 0.1) is 13.7 Å². The van der Waals surface area contributed by atoms with Crippen LogP contribution in [0.2, 0.25) is 0 Å². The van der Waals surface area contributed by atoms with Crippen LogP contribution in [0.5, 0.6) is 0 Å². The Morgan fingerprint density at radius 2 is 1.52 bits per heavy atom. The van der Waals surface area contributed by atoms with Gasteiger partial charge in [-0.15, -0.1) is 0 Å². The molecule has 1 amide bonds. The first kappa shape index (κ1) is 37.2. The van der Waals surface area contributed by atoms with Crippen molar-refractivity contribution in [1.82, 2.24) is 9.80 Å². The lowest BCUT2D eigenvalue weighted by Crippen LogP contribution is -2.34. The molecule has 1 heterocycles. The molecule has 2 fully saturated rings. The molecule has 1 aliphatic heterocycles. The molecule has 1 aromatic carbocycles. The van der Waals surface area contributed by atoms with Crippen molar-refractivity contribution in [1.29, 1.82) is 0 Å². The summed E-state index contributed by atoms with van der Waals surface area (Å²) in [7, 11) is 3.41. The number of likely N-dealkylation sites (tertiary alicyclic amines) is 1. The Bertz CT molecular complexity index is 862. The summed E-state index contributed by atoms with van der Waals surface area (Å²) in [5.74, 6) is 1.52.